The standard InChI is InChI=1S/C11H15NO2S/c1-3-6-12(9-11(13)14-2)8-10-5-4-7-15-10/h3-5,7H,1,6,8-9H2,2H3. The molecule has 82 valence electrons. The van der Waals surface area contributed by atoms with E-state index in [9.17, 15) is 4.79 Å². The van der Waals surface area contributed by atoms with Gasteiger partial charge in [0.2, 0.25) is 0 Å². The Bertz CT molecular complexity index is 308. The molecule has 0 saturated heterocycles. The lowest BCUT2D eigenvalue weighted by Gasteiger charge is -2.17. The van der Waals surface area contributed by atoms with Crippen molar-refractivity contribution in [3.05, 3.63) is 35.0 Å². The largest absolute Gasteiger partial charge is 0.468 e. The number of methoxy groups -OCH3 is 1. The molecule has 0 unspecified atom stereocenters. The molecule has 0 saturated carbocycles. The highest BCUT2D eigenvalue weighted by Gasteiger charge is 2.10. The molecule has 0 aliphatic rings. The molecule has 1 aromatic rings. The third kappa shape index (κ3) is 4.27. The van der Waals surface area contributed by atoms with Gasteiger partial charge < -0.3 is 4.74 Å². The summed E-state index contributed by atoms with van der Waals surface area (Å²) in [5.74, 6) is -0.214. The molecule has 1 aromatic heterocycles. The van der Waals surface area contributed by atoms with Crippen molar-refractivity contribution >= 4 is 17.3 Å². The van der Waals surface area contributed by atoms with E-state index in [1.807, 2.05) is 16.3 Å². The highest BCUT2D eigenvalue weighted by atomic mass is 32.1. The summed E-state index contributed by atoms with van der Waals surface area (Å²) in [5.41, 5.74) is 0. The van der Waals surface area contributed by atoms with Crippen molar-refractivity contribution in [2.45, 2.75) is 6.54 Å². The Morgan fingerprint density at radius 1 is 1.73 bits per heavy atom. The molecule has 0 spiro atoms. The van der Waals surface area contributed by atoms with Crippen LogP contribution in [0.15, 0.2) is 30.2 Å². The van der Waals surface area contributed by atoms with Crippen molar-refractivity contribution in [3.63, 3.8) is 0 Å². The molecule has 0 radical (unpaired) electrons. The van der Waals surface area contributed by atoms with Gasteiger partial charge in [0.05, 0.1) is 13.7 Å². The minimum atomic E-state index is -0.214. The second-order valence-electron chi connectivity index (χ2n) is 3.11. The van der Waals surface area contributed by atoms with Crippen LogP contribution in [-0.4, -0.2) is 31.1 Å². The van der Waals surface area contributed by atoms with Crippen LogP contribution in [0, 0.1) is 0 Å². The van der Waals surface area contributed by atoms with Gasteiger partial charge in [-0.25, -0.2) is 0 Å². The second-order valence-corrected chi connectivity index (χ2v) is 4.15. The molecular weight excluding hydrogens is 210 g/mol. The fourth-order valence-corrected chi connectivity index (χ4v) is 1.98. The summed E-state index contributed by atoms with van der Waals surface area (Å²) in [4.78, 5) is 14.4. The van der Waals surface area contributed by atoms with E-state index in [2.05, 4.69) is 17.4 Å². The minimum Gasteiger partial charge on any atom is -0.468 e. The van der Waals surface area contributed by atoms with Crippen LogP contribution in [0.1, 0.15) is 4.88 Å². The average Bonchev–Trinajstić information content (AvgIpc) is 2.70. The molecule has 0 fully saturated rings. The van der Waals surface area contributed by atoms with Crippen LogP contribution in [0.5, 0.6) is 0 Å². The zero-order valence-corrected chi connectivity index (χ0v) is 9.63. The Balaban J connectivity index is 2.50. The van der Waals surface area contributed by atoms with E-state index in [-0.39, 0.29) is 5.97 Å². The Morgan fingerprint density at radius 2 is 2.53 bits per heavy atom. The summed E-state index contributed by atoms with van der Waals surface area (Å²) in [7, 11) is 1.40. The predicted molar refractivity (Wildman–Crippen MR) is 61.8 cm³/mol. The van der Waals surface area contributed by atoms with Gasteiger partial charge in [0.1, 0.15) is 0 Å². The summed E-state index contributed by atoms with van der Waals surface area (Å²) < 4.78 is 4.63. The summed E-state index contributed by atoms with van der Waals surface area (Å²) in [6, 6.07) is 4.06. The molecule has 4 heteroatoms. The van der Waals surface area contributed by atoms with E-state index >= 15 is 0 Å². The van der Waals surface area contributed by atoms with Crippen LogP contribution in [-0.2, 0) is 16.1 Å². The van der Waals surface area contributed by atoms with Crippen LogP contribution in [0.25, 0.3) is 0 Å². The third-order valence-electron chi connectivity index (χ3n) is 1.93. The summed E-state index contributed by atoms with van der Waals surface area (Å²) in [6.45, 7) is 5.43. The van der Waals surface area contributed by atoms with Gasteiger partial charge in [-0.1, -0.05) is 12.1 Å². The monoisotopic (exact) mass is 225 g/mol. The average molecular weight is 225 g/mol. The fraction of sp³-hybridized carbons (Fsp3) is 0.364. The summed E-state index contributed by atoms with van der Waals surface area (Å²) >= 11 is 1.68. The van der Waals surface area contributed by atoms with Crippen molar-refractivity contribution in [2.75, 3.05) is 20.2 Å². The quantitative estimate of drug-likeness (QED) is 0.547. The van der Waals surface area contributed by atoms with Crippen LogP contribution in [0.4, 0.5) is 0 Å². The van der Waals surface area contributed by atoms with Crippen LogP contribution in [0.2, 0.25) is 0 Å². The third-order valence-corrected chi connectivity index (χ3v) is 2.79. The number of hydrogen-bond donors (Lipinski definition) is 0. The van der Waals surface area contributed by atoms with E-state index in [4.69, 9.17) is 0 Å². The predicted octanol–water partition coefficient (Wildman–Crippen LogP) is 1.91. The Kier molecular flexibility index (Phi) is 5.07. The highest BCUT2D eigenvalue weighted by molar-refractivity contribution is 7.09. The van der Waals surface area contributed by atoms with Gasteiger partial charge in [-0.15, -0.1) is 17.9 Å². The first kappa shape index (κ1) is 11.9. The van der Waals surface area contributed by atoms with Crippen LogP contribution < -0.4 is 0 Å². The second kappa shape index (κ2) is 6.37. The van der Waals surface area contributed by atoms with Crippen molar-refractivity contribution < 1.29 is 9.53 Å². The lowest BCUT2D eigenvalue weighted by atomic mass is 10.4. The maximum Gasteiger partial charge on any atom is 0.319 e. The topological polar surface area (TPSA) is 29.5 Å². The number of carbonyl (C=O) groups excluding carboxylic acids is 1. The first-order valence-electron chi connectivity index (χ1n) is 4.68. The molecule has 0 aromatic carbocycles. The maximum atomic E-state index is 11.1. The van der Waals surface area contributed by atoms with Gasteiger partial charge in [-0.2, -0.15) is 0 Å². The van der Waals surface area contributed by atoms with Crippen molar-refractivity contribution in [1.82, 2.24) is 4.90 Å². The lowest BCUT2D eigenvalue weighted by Crippen LogP contribution is -2.30. The van der Waals surface area contributed by atoms with Gasteiger partial charge >= 0.3 is 5.97 Å². The number of rotatable bonds is 6. The number of carbonyl (C=O) groups is 1. The van der Waals surface area contributed by atoms with Crippen LogP contribution >= 0.6 is 11.3 Å². The zero-order valence-electron chi connectivity index (χ0n) is 8.81. The van der Waals surface area contributed by atoms with Crippen LogP contribution in [0.3, 0.4) is 0 Å². The summed E-state index contributed by atoms with van der Waals surface area (Å²) in [5, 5.41) is 2.03. The number of thiophene rings is 1. The Morgan fingerprint density at radius 3 is 3.07 bits per heavy atom. The molecule has 3 nitrogen and oxygen atoms in total. The van der Waals surface area contributed by atoms with Gasteiger partial charge in [0, 0.05) is 18.0 Å². The molecule has 1 heterocycles. The first-order valence-corrected chi connectivity index (χ1v) is 5.56. The Labute approximate surface area is 94.0 Å². The molecule has 0 bridgehead atoms. The van der Waals surface area contributed by atoms with Gasteiger partial charge in [0.25, 0.3) is 0 Å². The van der Waals surface area contributed by atoms with E-state index < -0.39 is 0 Å². The molecule has 0 atom stereocenters. The van der Waals surface area contributed by atoms with E-state index in [1.54, 1.807) is 17.4 Å². The molecule has 0 amide bonds. The summed E-state index contributed by atoms with van der Waals surface area (Å²) in [6.07, 6.45) is 1.79. The normalized spacial score (nSPS) is 10.3. The Hall–Kier alpha value is -1.13. The van der Waals surface area contributed by atoms with Gasteiger partial charge in [-0.3, -0.25) is 9.69 Å². The van der Waals surface area contributed by atoms with E-state index in [0.717, 1.165) is 6.54 Å². The van der Waals surface area contributed by atoms with Crippen molar-refractivity contribution in [2.24, 2.45) is 0 Å². The number of nitrogens with zero attached hydrogens (tertiary/aromatic N) is 1. The SMILES string of the molecule is C=CCN(CC(=O)OC)Cc1cccs1. The molecule has 15 heavy (non-hydrogen) atoms. The van der Waals surface area contributed by atoms with E-state index in [0.29, 0.717) is 13.1 Å². The number of esters is 1. The lowest BCUT2D eigenvalue weighted by molar-refractivity contribution is -0.141. The first-order chi connectivity index (χ1) is 7.26. The molecule has 1 rings (SSSR count). The number of ether oxygens (including phenoxy) is 1. The molecule has 0 aliphatic heterocycles. The van der Waals surface area contributed by atoms with Gasteiger partial charge in [-0.05, 0) is 11.4 Å². The van der Waals surface area contributed by atoms with E-state index in [1.165, 1.54) is 12.0 Å². The number of hydrogen-bond acceptors (Lipinski definition) is 4. The maximum absolute atomic E-state index is 11.1. The fourth-order valence-electron chi connectivity index (χ4n) is 1.24. The smallest absolute Gasteiger partial charge is 0.319 e. The van der Waals surface area contributed by atoms with Crippen molar-refractivity contribution in [1.29, 1.82) is 0 Å². The van der Waals surface area contributed by atoms with Crippen molar-refractivity contribution in [3.8, 4) is 0 Å². The zero-order chi connectivity index (χ0) is 11.1. The molecular formula is C11H15NO2S. The highest BCUT2D eigenvalue weighted by Crippen LogP contribution is 2.11. The van der Waals surface area contributed by atoms with Gasteiger partial charge in [0.15, 0.2) is 0 Å². The molecule has 0 N–H and O–H groups in total. The minimum absolute atomic E-state index is 0.214. The molecule has 0 aliphatic carbocycles.